The maximum absolute atomic E-state index is 12.1. The summed E-state index contributed by atoms with van der Waals surface area (Å²) in [6.07, 6.45) is 1.05. The zero-order chi connectivity index (χ0) is 10.7. The van der Waals surface area contributed by atoms with Gasteiger partial charge in [-0.15, -0.1) is 23.7 Å². The molecule has 2 heterocycles. The third-order valence-corrected chi connectivity index (χ3v) is 3.57. The zero-order valence-corrected chi connectivity index (χ0v) is 11.0. The van der Waals surface area contributed by atoms with Crippen LogP contribution in [0.3, 0.4) is 0 Å². The highest BCUT2D eigenvalue weighted by molar-refractivity contribution is 7.13. The molecule has 1 aliphatic heterocycles. The molecule has 5 heteroatoms. The monoisotopic (exact) mass is 260 g/mol. The standard InChI is InChI=1S/C11H16N2OS.ClH/c1-9-3-4-10(15-9)11(14)13-7-2-5-12-6-8-13;/h3-4,12H,2,5-8H2,1H3;1H. The maximum atomic E-state index is 12.1. The van der Waals surface area contributed by atoms with E-state index in [1.165, 1.54) is 4.88 Å². The molecule has 0 saturated carbocycles. The van der Waals surface area contributed by atoms with E-state index < -0.39 is 0 Å². The number of aryl methyl sites for hydroxylation is 1. The minimum atomic E-state index is 0. The fraction of sp³-hybridized carbons (Fsp3) is 0.545. The van der Waals surface area contributed by atoms with Gasteiger partial charge in [-0.2, -0.15) is 0 Å². The number of hydrogen-bond donors (Lipinski definition) is 1. The first-order valence-electron chi connectivity index (χ1n) is 5.34. The highest BCUT2D eigenvalue weighted by Gasteiger charge is 2.17. The molecular formula is C11H17ClN2OS. The van der Waals surface area contributed by atoms with Crippen molar-refractivity contribution in [3.8, 4) is 0 Å². The van der Waals surface area contributed by atoms with Crippen molar-refractivity contribution in [2.75, 3.05) is 26.2 Å². The second-order valence-electron chi connectivity index (χ2n) is 3.81. The number of rotatable bonds is 1. The number of nitrogens with one attached hydrogen (secondary N) is 1. The highest BCUT2D eigenvalue weighted by atomic mass is 35.5. The molecule has 90 valence electrons. The van der Waals surface area contributed by atoms with E-state index in [0.717, 1.165) is 37.5 Å². The topological polar surface area (TPSA) is 32.3 Å². The van der Waals surface area contributed by atoms with E-state index in [1.807, 2.05) is 24.0 Å². The Morgan fingerprint density at radius 2 is 2.19 bits per heavy atom. The van der Waals surface area contributed by atoms with Crippen LogP contribution in [0.2, 0.25) is 0 Å². The van der Waals surface area contributed by atoms with Gasteiger partial charge in [0.1, 0.15) is 0 Å². The minimum Gasteiger partial charge on any atom is -0.337 e. The largest absolute Gasteiger partial charge is 0.337 e. The van der Waals surface area contributed by atoms with Crippen LogP contribution >= 0.6 is 23.7 Å². The van der Waals surface area contributed by atoms with Crippen molar-refractivity contribution < 1.29 is 4.79 Å². The molecule has 1 saturated heterocycles. The van der Waals surface area contributed by atoms with Gasteiger partial charge in [-0.1, -0.05) is 0 Å². The molecule has 1 aromatic heterocycles. The third-order valence-electron chi connectivity index (χ3n) is 2.58. The summed E-state index contributed by atoms with van der Waals surface area (Å²) in [6, 6.07) is 3.94. The lowest BCUT2D eigenvalue weighted by Gasteiger charge is -2.18. The molecule has 0 atom stereocenters. The van der Waals surface area contributed by atoms with Gasteiger partial charge in [0.25, 0.3) is 5.91 Å². The summed E-state index contributed by atoms with van der Waals surface area (Å²) in [5.74, 6) is 0.191. The van der Waals surface area contributed by atoms with Crippen LogP contribution in [0.1, 0.15) is 21.0 Å². The lowest BCUT2D eigenvalue weighted by atomic mass is 10.3. The van der Waals surface area contributed by atoms with Gasteiger partial charge in [0.2, 0.25) is 0 Å². The smallest absolute Gasteiger partial charge is 0.263 e. The molecule has 0 spiro atoms. The van der Waals surface area contributed by atoms with Gasteiger partial charge in [-0.25, -0.2) is 0 Å². The van der Waals surface area contributed by atoms with Crippen LogP contribution in [0.4, 0.5) is 0 Å². The van der Waals surface area contributed by atoms with Crippen molar-refractivity contribution in [3.05, 3.63) is 21.9 Å². The average molecular weight is 261 g/mol. The lowest BCUT2D eigenvalue weighted by Crippen LogP contribution is -2.33. The molecule has 0 bridgehead atoms. The molecule has 2 rings (SSSR count). The van der Waals surface area contributed by atoms with Crippen molar-refractivity contribution in [2.24, 2.45) is 0 Å². The molecule has 16 heavy (non-hydrogen) atoms. The first kappa shape index (κ1) is 13.5. The predicted octanol–water partition coefficient (Wildman–Crippen LogP) is 1.91. The Kier molecular flexibility index (Phi) is 5.25. The summed E-state index contributed by atoms with van der Waals surface area (Å²) in [5, 5.41) is 3.30. The van der Waals surface area contributed by atoms with E-state index in [2.05, 4.69) is 5.32 Å². The van der Waals surface area contributed by atoms with Gasteiger partial charge in [0.15, 0.2) is 0 Å². The average Bonchev–Trinajstić information content (AvgIpc) is 2.53. The van der Waals surface area contributed by atoms with Crippen LogP contribution in [-0.4, -0.2) is 37.0 Å². The van der Waals surface area contributed by atoms with Gasteiger partial charge in [-0.05, 0) is 32.0 Å². The Hall–Kier alpha value is -0.580. The molecule has 1 fully saturated rings. The zero-order valence-electron chi connectivity index (χ0n) is 9.36. The molecule has 0 aromatic carbocycles. The van der Waals surface area contributed by atoms with Gasteiger partial charge in [0.05, 0.1) is 4.88 Å². The summed E-state index contributed by atoms with van der Waals surface area (Å²) < 4.78 is 0. The van der Waals surface area contributed by atoms with Gasteiger partial charge in [0, 0.05) is 24.5 Å². The van der Waals surface area contributed by atoms with Gasteiger partial charge in [-0.3, -0.25) is 4.79 Å². The Morgan fingerprint density at radius 3 is 2.88 bits per heavy atom. The number of halogens is 1. The number of nitrogens with zero attached hydrogens (tertiary/aromatic N) is 1. The minimum absolute atomic E-state index is 0. The Bertz CT molecular complexity index is 346. The summed E-state index contributed by atoms with van der Waals surface area (Å²) in [7, 11) is 0. The number of carbonyl (C=O) groups excluding carboxylic acids is 1. The van der Waals surface area contributed by atoms with Gasteiger partial charge < -0.3 is 10.2 Å². The summed E-state index contributed by atoms with van der Waals surface area (Å²) >= 11 is 1.58. The molecule has 0 aliphatic carbocycles. The molecule has 1 N–H and O–H groups in total. The van der Waals surface area contributed by atoms with E-state index in [-0.39, 0.29) is 18.3 Å². The van der Waals surface area contributed by atoms with Crippen molar-refractivity contribution in [2.45, 2.75) is 13.3 Å². The number of amides is 1. The molecule has 1 aliphatic rings. The Balaban J connectivity index is 0.00000128. The fourth-order valence-electron chi connectivity index (χ4n) is 1.75. The summed E-state index contributed by atoms with van der Waals surface area (Å²) in [5.41, 5.74) is 0. The molecule has 0 radical (unpaired) electrons. The Morgan fingerprint density at radius 1 is 1.38 bits per heavy atom. The van der Waals surface area contributed by atoms with Crippen LogP contribution in [0.15, 0.2) is 12.1 Å². The second-order valence-corrected chi connectivity index (χ2v) is 5.09. The Labute approximate surface area is 106 Å². The van der Waals surface area contributed by atoms with Crippen molar-refractivity contribution >= 4 is 29.7 Å². The van der Waals surface area contributed by atoms with Gasteiger partial charge >= 0.3 is 0 Å². The first-order valence-corrected chi connectivity index (χ1v) is 6.15. The third kappa shape index (κ3) is 3.20. The molecule has 3 nitrogen and oxygen atoms in total. The van der Waals surface area contributed by atoms with Crippen molar-refractivity contribution in [3.63, 3.8) is 0 Å². The SMILES string of the molecule is Cc1ccc(C(=O)N2CCCNCC2)s1.Cl. The molecule has 1 aromatic rings. The second kappa shape index (κ2) is 6.23. The van der Waals surface area contributed by atoms with Crippen LogP contribution < -0.4 is 5.32 Å². The van der Waals surface area contributed by atoms with E-state index in [9.17, 15) is 4.79 Å². The normalized spacial score (nSPS) is 16.4. The summed E-state index contributed by atoms with van der Waals surface area (Å²) in [6.45, 7) is 5.67. The lowest BCUT2D eigenvalue weighted by molar-refractivity contribution is 0.0771. The fourth-order valence-corrected chi connectivity index (χ4v) is 2.59. The number of hydrogen-bond acceptors (Lipinski definition) is 3. The van der Waals surface area contributed by atoms with Crippen molar-refractivity contribution in [1.29, 1.82) is 0 Å². The first-order chi connectivity index (χ1) is 7.27. The van der Waals surface area contributed by atoms with E-state index in [1.54, 1.807) is 11.3 Å². The van der Waals surface area contributed by atoms with E-state index >= 15 is 0 Å². The molecule has 1 amide bonds. The van der Waals surface area contributed by atoms with E-state index in [4.69, 9.17) is 0 Å². The van der Waals surface area contributed by atoms with Crippen LogP contribution in [0.25, 0.3) is 0 Å². The number of carbonyl (C=O) groups is 1. The van der Waals surface area contributed by atoms with Crippen LogP contribution in [0, 0.1) is 6.92 Å². The van der Waals surface area contributed by atoms with E-state index in [0.29, 0.717) is 0 Å². The number of thiophene rings is 1. The molecule has 0 unspecified atom stereocenters. The predicted molar refractivity (Wildman–Crippen MR) is 69.7 cm³/mol. The maximum Gasteiger partial charge on any atom is 0.263 e. The molecular weight excluding hydrogens is 244 g/mol. The van der Waals surface area contributed by atoms with Crippen molar-refractivity contribution in [1.82, 2.24) is 10.2 Å². The van der Waals surface area contributed by atoms with Crippen LogP contribution in [0.5, 0.6) is 0 Å². The highest BCUT2D eigenvalue weighted by Crippen LogP contribution is 2.17. The quantitative estimate of drug-likeness (QED) is 0.837. The van der Waals surface area contributed by atoms with Crippen LogP contribution in [-0.2, 0) is 0 Å². The summed E-state index contributed by atoms with van der Waals surface area (Å²) in [4.78, 5) is 16.1.